The van der Waals surface area contributed by atoms with Crippen LogP contribution in [0.1, 0.15) is 43.8 Å². The lowest BCUT2D eigenvalue weighted by molar-refractivity contribution is 0.100. The van der Waals surface area contributed by atoms with E-state index < -0.39 is 5.91 Å². The van der Waals surface area contributed by atoms with Gasteiger partial charge in [-0.15, -0.1) is 0 Å². The molecule has 136 valence electrons. The molecule has 0 saturated carbocycles. The fourth-order valence-electron chi connectivity index (χ4n) is 2.43. The van der Waals surface area contributed by atoms with Crippen LogP contribution in [0.3, 0.4) is 0 Å². The summed E-state index contributed by atoms with van der Waals surface area (Å²) in [6.07, 6.45) is 0. The zero-order valence-electron chi connectivity index (χ0n) is 14.8. The first-order valence-electron chi connectivity index (χ1n) is 8.19. The number of anilines is 2. The van der Waals surface area contributed by atoms with Gasteiger partial charge in [0.05, 0.1) is 0 Å². The summed E-state index contributed by atoms with van der Waals surface area (Å²) in [4.78, 5) is 36.2. The fraction of sp³-hybridized carbons (Fsp3) is 0.100. The molecule has 0 unspecified atom stereocenters. The van der Waals surface area contributed by atoms with Gasteiger partial charge in [-0.05, 0) is 44.2 Å². The molecule has 27 heavy (non-hydrogen) atoms. The maximum atomic E-state index is 12.5. The van der Waals surface area contributed by atoms with Crippen molar-refractivity contribution in [1.82, 2.24) is 5.16 Å². The van der Waals surface area contributed by atoms with Crippen molar-refractivity contribution in [2.45, 2.75) is 13.8 Å². The van der Waals surface area contributed by atoms with E-state index >= 15 is 0 Å². The maximum Gasteiger partial charge on any atom is 0.256 e. The highest BCUT2D eigenvalue weighted by Gasteiger charge is 2.13. The molecule has 7 heteroatoms. The normalized spacial score (nSPS) is 10.3. The Hall–Kier alpha value is -3.74. The Kier molecular flexibility index (Phi) is 5.12. The molecule has 0 atom stereocenters. The van der Waals surface area contributed by atoms with Gasteiger partial charge in [0.2, 0.25) is 0 Å². The van der Waals surface area contributed by atoms with E-state index in [1.807, 2.05) is 0 Å². The Labute approximate surface area is 155 Å². The van der Waals surface area contributed by atoms with Crippen LogP contribution in [0, 0.1) is 6.92 Å². The van der Waals surface area contributed by atoms with Gasteiger partial charge in [0.25, 0.3) is 11.8 Å². The van der Waals surface area contributed by atoms with Crippen molar-refractivity contribution in [2.75, 3.05) is 10.6 Å². The van der Waals surface area contributed by atoms with Crippen molar-refractivity contribution in [3.05, 3.63) is 77.0 Å². The number of Topliss-reactive ketones (excluding diaryl/α,β-unsaturated/α-hetero) is 1. The number of rotatable bonds is 5. The molecule has 0 aliphatic heterocycles. The molecule has 2 N–H and O–H groups in total. The molecule has 0 fully saturated rings. The highest BCUT2D eigenvalue weighted by atomic mass is 16.5. The van der Waals surface area contributed by atoms with Crippen molar-refractivity contribution in [1.29, 1.82) is 0 Å². The molecule has 1 aromatic heterocycles. The van der Waals surface area contributed by atoms with Gasteiger partial charge in [-0.3, -0.25) is 14.4 Å². The Morgan fingerprint density at radius 1 is 0.852 bits per heavy atom. The minimum atomic E-state index is -0.406. The highest BCUT2D eigenvalue weighted by Crippen LogP contribution is 2.15. The number of hydrogen-bond acceptors (Lipinski definition) is 5. The van der Waals surface area contributed by atoms with Crippen molar-refractivity contribution in [2.24, 2.45) is 0 Å². The molecule has 2 aromatic carbocycles. The molecular formula is C20H17N3O4. The van der Waals surface area contributed by atoms with E-state index in [0.29, 0.717) is 34.0 Å². The number of carbonyl (C=O) groups excluding carboxylic acids is 3. The number of aryl methyl sites for hydroxylation is 1. The van der Waals surface area contributed by atoms with E-state index in [-0.39, 0.29) is 11.7 Å². The molecule has 0 aliphatic rings. The second-order valence-corrected chi connectivity index (χ2v) is 5.95. The van der Waals surface area contributed by atoms with Crippen molar-refractivity contribution >= 4 is 29.1 Å². The zero-order chi connectivity index (χ0) is 19.4. The topological polar surface area (TPSA) is 101 Å². The molecule has 0 spiro atoms. The molecule has 2 amide bonds. The molecule has 3 aromatic rings. The molecular weight excluding hydrogens is 346 g/mol. The predicted molar refractivity (Wildman–Crippen MR) is 100 cm³/mol. The summed E-state index contributed by atoms with van der Waals surface area (Å²) in [6, 6.07) is 14.5. The van der Waals surface area contributed by atoms with Crippen LogP contribution in [-0.2, 0) is 0 Å². The summed E-state index contributed by atoms with van der Waals surface area (Å²) >= 11 is 0. The smallest absolute Gasteiger partial charge is 0.256 e. The SMILES string of the molecule is CC(=O)c1cccc(NC(=O)c2cccc(C(=O)Nc3cc(C)on3)c2)c1. The van der Waals surface area contributed by atoms with Crippen LogP contribution in [0.25, 0.3) is 0 Å². The van der Waals surface area contributed by atoms with Gasteiger partial charge >= 0.3 is 0 Å². The molecule has 1 heterocycles. The van der Waals surface area contributed by atoms with E-state index in [1.54, 1.807) is 55.5 Å². The average molecular weight is 363 g/mol. The van der Waals surface area contributed by atoms with Gasteiger partial charge in [0.1, 0.15) is 5.76 Å². The quantitative estimate of drug-likeness (QED) is 0.673. The lowest BCUT2D eigenvalue weighted by Crippen LogP contribution is -2.15. The van der Waals surface area contributed by atoms with Crippen molar-refractivity contribution in [3.8, 4) is 0 Å². The Morgan fingerprint density at radius 2 is 1.48 bits per heavy atom. The molecule has 0 bridgehead atoms. The van der Waals surface area contributed by atoms with Gasteiger partial charge in [-0.2, -0.15) is 0 Å². The van der Waals surface area contributed by atoms with Gasteiger partial charge in [0.15, 0.2) is 11.6 Å². The monoisotopic (exact) mass is 363 g/mol. The molecule has 0 radical (unpaired) electrons. The van der Waals surface area contributed by atoms with Crippen LogP contribution in [0.15, 0.2) is 59.1 Å². The van der Waals surface area contributed by atoms with Gasteiger partial charge in [-0.25, -0.2) is 0 Å². The van der Waals surface area contributed by atoms with Crippen LogP contribution in [0.2, 0.25) is 0 Å². The predicted octanol–water partition coefficient (Wildman–Crippen LogP) is 3.69. The summed E-state index contributed by atoms with van der Waals surface area (Å²) in [6.45, 7) is 3.17. The first-order valence-corrected chi connectivity index (χ1v) is 8.19. The van der Waals surface area contributed by atoms with Crippen molar-refractivity contribution < 1.29 is 18.9 Å². The van der Waals surface area contributed by atoms with Crippen LogP contribution in [-0.4, -0.2) is 22.8 Å². The number of ketones is 1. The number of nitrogens with zero attached hydrogens (tertiary/aromatic N) is 1. The third-order valence-corrected chi connectivity index (χ3v) is 3.78. The summed E-state index contributed by atoms with van der Waals surface area (Å²) in [5, 5.41) is 9.03. The number of aromatic nitrogens is 1. The summed E-state index contributed by atoms with van der Waals surface area (Å²) < 4.78 is 4.90. The van der Waals surface area contributed by atoms with E-state index in [9.17, 15) is 14.4 Å². The van der Waals surface area contributed by atoms with E-state index in [0.717, 1.165) is 0 Å². The first kappa shape index (κ1) is 18.1. The van der Waals surface area contributed by atoms with E-state index in [1.165, 1.54) is 13.0 Å². The molecule has 7 nitrogen and oxygen atoms in total. The number of benzene rings is 2. The maximum absolute atomic E-state index is 12.5. The van der Waals surface area contributed by atoms with Gasteiger partial charge in [0, 0.05) is 28.4 Å². The zero-order valence-corrected chi connectivity index (χ0v) is 14.8. The summed E-state index contributed by atoms with van der Waals surface area (Å²) in [5.74, 6) is -0.00774. The summed E-state index contributed by atoms with van der Waals surface area (Å²) in [5.41, 5.74) is 1.62. The van der Waals surface area contributed by atoms with Gasteiger partial charge < -0.3 is 15.2 Å². The molecule has 0 aliphatic carbocycles. The second-order valence-electron chi connectivity index (χ2n) is 5.95. The standard InChI is InChI=1S/C20H17N3O4/c1-12-9-18(23-27-12)22-20(26)16-7-3-6-15(10-16)19(25)21-17-8-4-5-14(11-17)13(2)24/h3-11H,1-2H3,(H,21,25)(H,22,23,26). The Morgan fingerprint density at radius 3 is 2.11 bits per heavy atom. The molecule has 0 saturated heterocycles. The van der Waals surface area contributed by atoms with Crippen LogP contribution in [0.5, 0.6) is 0 Å². The highest BCUT2D eigenvalue weighted by molar-refractivity contribution is 6.08. The number of nitrogens with one attached hydrogen (secondary N) is 2. The van der Waals surface area contributed by atoms with Crippen molar-refractivity contribution in [3.63, 3.8) is 0 Å². The van der Waals surface area contributed by atoms with E-state index in [2.05, 4.69) is 15.8 Å². The lowest BCUT2D eigenvalue weighted by atomic mass is 10.1. The van der Waals surface area contributed by atoms with Crippen LogP contribution < -0.4 is 10.6 Å². The largest absolute Gasteiger partial charge is 0.360 e. The minimum Gasteiger partial charge on any atom is -0.360 e. The van der Waals surface area contributed by atoms with Crippen LogP contribution in [0.4, 0.5) is 11.5 Å². The first-order chi connectivity index (χ1) is 12.9. The average Bonchev–Trinajstić information content (AvgIpc) is 3.06. The Bertz CT molecular complexity index is 1020. The number of carbonyl (C=O) groups is 3. The lowest BCUT2D eigenvalue weighted by Gasteiger charge is -2.08. The molecule has 3 rings (SSSR count). The fourth-order valence-corrected chi connectivity index (χ4v) is 2.43. The second kappa shape index (κ2) is 7.65. The number of hydrogen-bond donors (Lipinski definition) is 2. The summed E-state index contributed by atoms with van der Waals surface area (Å²) in [7, 11) is 0. The number of amides is 2. The third-order valence-electron chi connectivity index (χ3n) is 3.78. The third kappa shape index (κ3) is 4.46. The Balaban J connectivity index is 1.74. The van der Waals surface area contributed by atoms with E-state index in [4.69, 9.17) is 4.52 Å². The van der Waals surface area contributed by atoms with Gasteiger partial charge in [-0.1, -0.05) is 23.4 Å². The minimum absolute atomic E-state index is 0.0899. The van der Waals surface area contributed by atoms with Crippen LogP contribution >= 0.6 is 0 Å².